The number of piperazine rings is 1. The van der Waals surface area contributed by atoms with E-state index in [2.05, 4.69) is 42.7 Å². The zero-order valence-corrected chi connectivity index (χ0v) is 14.1. The first-order valence-corrected chi connectivity index (χ1v) is 8.59. The topological polar surface area (TPSA) is 68.9 Å². The molecule has 4 heterocycles. The summed E-state index contributed by atoms with van der Waals surface area (Å²) < 4.78 is 12.9. The third kappa shape index (κ3) is 3.22. The van der Waals surface area contributed by atoms with E-state index in [4.69, 9.17) is 0 Å². The van der Waals surface area contributed by atoms with Crippen LogP contribution in [0.4, 0.5) is 10.2 Å². The van der Waals surface area contributed by atoms with Crippen LogP contribution in [0.2, 0.25) is 0 Å². The molecule has 130 valence electrons. The minimum absolute atomic E-state index is 0.186. The van der Waals surface area contributed by atoms with Gasteiger partial charge in [0.2, 0.25) is 0 Å². The van der Waals surface area contributed by atoms with Gasteiger partial charge >= 0.3 is 0 Å². The maximum absolute atomic E-state index is 12.9. The van der Waals surface area contributed by atoms with Gasteiger partial charge < -0.3 is 4.90 Å². The predicted octanol–water partition coefficient (Wildman–Crippen LogP) is 1.59. The molecule has 6 nitrogen and oxygen atoms in total. The van der Waals surface area contributed by atoms with Crippen molar-refractivity contribution in [2.75, 3.05) is 24.5 Å². The van der Waals surface area contributed by atoms with Gasteiger partial charge in [-0.2, -0.15) is 5.26 Å². The molecule has 2 aliphatic rings. The standard InChI is InChI=1S/C19H17FN6/c20-14-1-2-15(24-12-14)3-4-16-5-6-17-13-25(9-10-26(16)17)19-18(11-21)22-7-8-23-19/h1-2,7-8,12,16-17H,5-6,9-10,13H2/t16-,17-/m0/s1. The molecule has 26 heavy (non-hydrogen) atoms. The lowest BCUT2D eigenvalue weighted by Crippen LogP contribution is -2.52. The van der Waals surface area contributed by atoms with Gasteiger partial charge in [-0.1, -0.05) is 5.92 Å². The highest BCUT2D eigenvalue weighted by Gasteiger charge is 2.37. The van der Waals surface area contributed by atoms with Gasteiger partial charge in [0.25, 0.3) is 0 Å². The summed E-state index contributed by atoms with van der Waals surface area (Å²) in [5.74, 6) is 6.66. The van der Waals surface area contributed by atoms with Gasteiger partial charge in [0, 0.05) is 38.1 Å². The summed E-state index contributed by atoms with van der Waals surface area (Å²) in [4.78, 5) is 17.0. The lowest BCUT2D eigenvalue weighted by Gasteiger charge is -2.39. The van der Waals surface area contributed by atoms with Gasteiger partial charge in [-0.15, -0.1) is 0 Å². The van der Waals surface area contributed by atoms with E-state index in [1.165, 1.54) is 12.3 Å². The van der Waals surface area contributed by atoms with Gasteiger partial charge in [-0.05, 0) is 30.9 Å². The van der Waals surface area contributed by atoms with Crippen LogP contribution < -0.4 is 4.90 Å². The molecule has 4 rings (SSSR count). The monoisotopic (exact) mass is 348 g/mol. The molecule has 0 unspecified atom stereocenters. The van der Waals surface area contributed by atoms with Crippen molar-refractivity contribution in [3.63, 3.8) is 0 Å². The van der Waals surface area contributed by atoms with Crippen LogP contribution in [0.15, 0.2) is 30.7 Å². The fourth-order valence-corrected chi connectivity index (χ4v) is 3.65. The van der Waals surface area contributed by atoms with Crippen molar-refractivity contribution in [3.05, 3.63) is 47.9 Å². The molecule has 0 aliphatic carbocycles. The Hall–Kier alpha value is -3.03. The van der Waals surface area contributed by atoms with Crippen molar-refractivity contribution in [1.82, 2.24) is 19.9 Å². The fraction of sp³-hybridized carbons (Fsp3) is 0.368. The van der Waals surface area contributed by atoms with Crippen LogP contribution >= 0.6 is 0 Å². The molecule has 0 saturated carbocycles. The van der Waals surface area contributed by atoms with Crippen LogP contribution in [0.25, 0.3) is 0 Å². The van der Waals surface area contributed by atoms with Crippen LogP contribution in [0.5, 0.6) is 0 Å². The van der Waals surface area contributed by atoms with Crippen molar-refractivity contribution in [3.8, 4) is 17.9 Å². The molecule has 0 amide bonds. The van der Waals surface area contributed by atoms with Crippen LogP contribution in [-0.2, 0) is 0 Å². The quantitative estimate of drug-likeness (QED) is 0.729. The Balaban J connectivity index is 1.46. The number of rotatable bonds is 1. The van der Waals surface area contributed by atoms with E-state index < -0.39 is 0 Å². The molecule has 2 atom stereocenters. The number of nitriles is 1. The Morgan fingerprint density at radius 2 is 2.00 bits per heavy atom. The Kier molecular flexibility index (Phi) is 4.47. The van der Waals surface area contributed by atoms with Crippen molar-refractivity contribution < 1.29 is 4.39 Å². The zero-order chi connectivity index (χ0) is 17.9. The van der Waals surface area contributed by atoms with E-state index >= 15 is 0 Å². The zero-order valence-electron chi connectivity index (χ0n) is 14.1. The fourth-order valence-electron chi connectivity index (χ4n) is 3.65. The van der Waals surface area contributed by atoms with Crippen LogP contribution in [-0.4, -0.2) is 51.6 Å². The van der Waals surface area contributed by atoms with Gasteiger partial charge in [0.05, 0.1) is 12.2 Å². The summed E-state index contributed by atoms with van der Waals surface area (Å²) in [6.07, 6.45) is 6.41. The number of nitrogens with zero attached hydrogens (tertiary/aromatic N) is 6. The number of hydrogen-bond donors (Lipinski definition) is 0. The summed E-state index contributed by atoms with van der Waals surface area (Å²) in [6.45, 7) is 2.47. The lowest BCUT2D eigenvalue weighted by atomic mass is 10.1. The third-order valence-electron chi connectivity index (χ3n) is 4.88. The average Bonchev–Trinajstić information content (AvgIpc) is 3.10. The molecule has 0 bridgehead atoms. The highest BCUT2D eigenvalue weighted by Crippen LogP contribution is 2.29. The SMILES string of the molecule is N#Cc1nccnc1N1CCN2[C@@H](CC[C@@H]2C#Cc2ccc(F)cn2)C1. The molecule has 2 aromatic heterocycles. The Morgan fingerprint density at radius 1 is 1.12 bits per heavy atom. The molecular formula is C19H17FN6. The number of aromatic nitrogens is 3. The first kappa shape index (κ1) is 16.4. The maximum atomic E-state index is 12.9. The summed E-state index contributed by atoms with van der Waals surface area (Å²) >= 11 is 0. The van der Waals surface area contributed by atoms with Crippen molar-refractivity contribution in [2.45, 2.75) is 24.9 Å². The summed E-state index contributed by atoms with van der Waals surface area (Å²) in [6, 6.07) is 5.67. The van der Waals surface area contributed by atoms with Crippen molar-refractivity contribution >= 4 is 5.82 Å². The lowest BCUT2D eigenvalue weighted by molar-refractivity contribution is 0.202. The van der Waals surface area contributed by atoms with Crippen LogP contribution in [0, 0.1) is 29.0 Å². The Bertz CT molecular complexity index is 895. The summed E-state index contributed by atoms with van der Waals surface area (Å²) in [5, 5.41) is 9.24. The van der Waals surface area contributed by atoms with E-state index in [1.54, 1.807) is 18.5 Å². The molecule has 2 saturated heterocycles. The number of fused-ring (bicyclic) bond motifs is 1. The number of halogens is 1. The van der Waals surface area contributed by atoms with Gasteiger partial charge in [-0.25, -0.2) is 19.3 Å². The number of hydrogen-bond acceptors (Lipinski definition) is 6. The molecule has 0 aromatic carbocycles. The largest absolute Gasteiger partial charge is 0.351 e. The molecular weight excluding hydrogens is 331 g/mol. The van der Waals surface area contributed by atoms with E-state index in [-0.39, 0.29) is 11.9 Å². The maximum Gasteiger partial charge on any atom is 0.183 e. The van der Waals surface area contributed by atoms with Crippen LogP contribution in [0.1, 0.15) is 24.2 Å². The molecule has 0 N–H and O–H groups in total. The number of pyridine rings is 1. The average molecular weight is 348 g/mol. The Morgan fingerprint density at radius 3 is 2.81 bits per heavy atom. The second kappa shape index (κ2) is 7.07. The first-order chi connectivity index (χ1) is 12.7. The minimum Gasteiger partial charge on any atom is -0.351 e. The van der Waals surface area contributed by atoms with Crippen molar-refractivity contribution in [1.29, 1.82) is 5.26 Å². The van der Waals surface area contributed by atoms with Gasteiger partial charge in [0.1, 0.15) is 17.6 Å². The first-order valence-electron chi connectivity index (χ1n) is 8.59. The second-order valence-corrected chi connectivity index (χ2v) is 6.40. The molecule has 0 spiro atoms. The highest BCUT2D eigenvalue weighted by molar-refractivity contribution is 5.50. The summed E-state index contributed by atoms with van der Waals surface area (Å²) in [5.41, 5.74) is 0.962. The normalized spacial score (nSPS) is 22.2. The van der Waals surface area contributed by atoms with Crippen molar-refractivity contribution in [2.24, 2.45) is 0 Å². The van der Waals surface area contributed by atoms with E-state index in [0.717, 1.165) is 32.5 Å². The smallest absolute Gasteiger partial charge is 0.183 e. The second-order valence-electron chi connectivity index (χ2n) is 6.40. The van der Waals surface area contributed by atoms with Gasteiger partial charge in [-0.3, -0.25) is 4.90 Å². The molecule has 2 aliphatic heterocycles. The summed E-state index contributed by atoms with van der Waals surface area (Å²) in [7, 11) is 0. The minimum atomic E-state index is -0.353. The van der Waals surface area contributed by atoms with Gasteiger partial charge in [0.15, 0.2) is 11.5 Å². The molecule has 7 heteroatoms. The predicted molar refractivity (Wildman–Crippen MR) is 93.5 cm³/mol. The molecule has 0 radical (unpaired) electrons. The van der Waals surface area contributed by atoms with E-state index in [9.17, 15) is 9.65 Å². The van der Waals surface area contributed by atoms with E-state index in [1.807, 2.05) is 0 Å². The Labute approximate surface area is 151 Å². The van der Waals surface area contributed by atoms with Crippen LogP contribution in [0.3, 0.4) is 0 Å². The third-order valence-corrected chi connectivity index (χ3v) is 4.88. The van der Waals surface area contributed by atoms with E-state index in [0.29, 0.717) is 23.2 Å². The molecule has 2 aromatic rings. The highest BCUT2D eigenvalue weighted by atomic mass is 19.1. The molecule has 2 fully saturated rings. The number of anilines is 1.